The second kappa shape index (κ2) is 10.6. The van der Waals surface area contributed by atoms with Crippen LogP contribution >= 0.6 is 0 Å². The first kappa shape index (κ1) is 21.6. The van der Waals surface area contributed by atoms with Gasteiger partial charge in [0, 0.05) is 49.5 Å². The third-order valence-corrected chi connectivity index (χ3v) is 6.27. The second-order valence-corrected chi connectivity index (χ2v) is 8.79. The molecule has 3 aliphatic rings. The Labute approximate surface area is 175 Å². The van der Waals surface area contributed by atoms with Crippen LogP contribution in [0.25, 0.3) is 0 Å². The number of hydrogen-bond donors (Lipinski definition) is 1. The van der Waals surface area contributed by atoms with Crippen LogP contribution in [0.15, 0.2) is 44.1 Å². The van der Waals surface area contributed by atoms with E-state index in [1.807, 2.05) is 6.21 Å². The van der Waals surface area contributed by atoms with Crippen LogP contribution in [-0.4, -0.2) is 30.5 Å². The molecule has 156 valence electrons. The Morgan fingerprint density at radius 2 is 2.14 bits per heavy atom. The van der Waals surface area contributed by atoms with Gasteiger partial charge in [-0.3, -0.25) is 14.8 Å². The smallest absolute Gasteiger partial charge is 0.138 e. The zero-order valence-electron chi connectivity index (χ0n) is 18.1. The van der Waals surface area contributed by atoms with Crippen molar-refractivity contribution in [3.8, 4) is 0 Å². The molecular weight excluding hydrogens is 358 g/mol. The van der Waals surface area contributed by atoms with E-state index >= 15 is 0 Å². The normalized spacial score (nSPS) is 22.6. The van der Waals surface area contributed by atoms with Crippen molar-refractivity contribution in [3.63, 3.8) is 0 Å². The third-order valence-electron chi connectivity index (χ3n) is 6.27. The zero-order valence-corrected chi connectivity index (χ0v) is 18.1. The van der Waals surface area contributed by atoms with Gasteiger partial charge in [-0.2, -0.15) is 0 Å². The number of fused-ring (bicyclic) bond motifs is 1. The van der Waals surface area contributed by atoms with Gasteiger partial charge in [0.05, 0.1) is 5.70 Å². The standard InChI is InChI=1S/C25H35N3O/c1-18-12-15-28-25(24-17-27-14-13-23(18)24)21-8-4-3-6-20(10-11-21)7-5-9-22(29)16-19(2)26/h11,15,17,20,26H,3-10,12-14,16H2,1-2H3. The molecule has 0 saturated carbocycles. The van der Waals surface area contributed by atoms with Gasteiger partial charge >= 0.3 is 0 Å². The van der Waals surface area contributed by atoms with Gasteiger partial charge in [-0.15, -0.1) is 0 Å². The van der Waals surface area contributed by atoms with Gasteiger partial charge < -0.3 is 5.41 Å². The summed E-state index contributed by atoms with van der Waals surface area (Å²) in [6.45, 7) is 4.83. The van der Waals surface area contributed by atoms with E-state index in [-0.39, 0.29) is 5.78 Å². The minimum Gasteiger partial charge on any atom is -0.310 e. The highest BCUT2D eigenvalue weighted by atomic mass is 16.1. The first-order valence-electron chi connectivity index (χ1n) is 11.3. The number of carbonyl (C=O) groups excluding carboxylic acids is 1. The summed E-state index contributed by atoms with van der Waals surface area (Å²) in [5.74, 6) is 0.863. The van der Waals surface area contributed by atoms with Crippen molar-refractivity contribution in [1.82, 2.24) is 0 Å². The minimum absolute atomic E-state index is 0.214. The summed E-state index contributed by atoms with van der Waals surface area (Å²) < 4.78 is 0. The Morgan fingerprint density at radius 1 is 1.28 bits per heavy atom. The molecule has 0 aromatic heterocycles. The average Bonchev–Trinajstić information content (AvgIpc) is 2.83. The monoisotopic (exact) mass is 393 g/mol. The molecule has 0 fully saturated rings. The molecule has 4 nitrogen and oxygen atoms in total. The molecule has 1 aliphatic carbocycles. The predicted molar refractivity (Wildman–Crippen MR) is 122 cm³/mol. The molecule has 0 amide bonds. The number of nitrogens with one attached hydrogen (secondary N) is 1. The number of allylic oxidation sites excluding steroid dienone is 4. The summed E-state index contributed by atoms with van der Waals surface area (Å²) in [6, 6.07) is 0. The lowest BCUT2D eigenvalue weighted by Gasteiger charge is -2.22. The highest BCUT2D eigenvalue weighted by Gasteiger charge is 2.21. The van der Waals surface area contributed by atoms with Crippen molar-refractivity contribution in [3.05, 3.63) is 34.1 Å². The Kier molecular flexibility index (Phi) is 7.91. The van der Waals surface area contributed by atoms with Crippen LogP contribution in [-0.2, 0) is 4.79 Å². The summed E-state index contributed by atoms with van der Waals surface area (Å²) in [5, 5.41) is 7.46. The van der Waals surface area contributed by atoms with Gasteiger partial charge in [0.25, 0.3) is 0 Å². The van der Waals surface area contributed by atoms with Crippen LogP contribution in [0, 0.1) is 11.3 Å². The van der Waals surface area contributed by atoms with Crippen molar-refractivity contribution < 1.29 is 4.79 Å². The average molecular weight is 394 g/mol. The maximum atomic E-state index is 11.9. The maximum Gasteiger partial charge on any atom is 0.138 e. The Hall–Kier alpha value is -2.10. The van der Waals surface area contributed by atoms with Gasteiger partial charge in [0.2, 0.25) is 0 Å². The van der Waals surface area contributed by atoms with Crippen LogP contribution in [0.2, 0.25) is 0 Å². The molecule has 2 aliphatic heterocycles. The molecule has 0 saturated heterocycles. The second-order valence-electron chi connectivity index (χ2n) is 8.79. The molecule has 0 radical (unpaired) electrons. The molecule has 1 N–H and O–H groups in total. The molecule has 3 rings (SSSR count). The lowest BCUT2D eigenvalue weighted by Crippen LogP contribution is -2.09. The number of carbonyl (C=O) groups is 1. The first-order chi connectivity index (χ1) is 14.0. The number of rotatable bonds is 7. The highest BCUT2D eigenvalue weighted by molar-refractivity contribution is 5.99. The first-order valence-corrected chi connectivity index (χ1v) is 11.3. The molecule has 2 heterocycles. The third kappa shape index (κ3) is 6.19. The lowest BCUT2D eigenvalue weighted by atomic mass is 9.85. The van der Waals surface area contributed by atoms with E-state index in [9.17, 15) is 4.79 Å². The summed E-state index contributed by atoms with van der Waals surface area (Å²) in [5.41, 5.74) is 7.14. The molecule has 1 atom stereocenters. The van der Waals surface area contributed by atoms with Crippen molar-refractivity contribution in [2.24, 2.45) is 15.9 Å². The highest BCUT2D eigenvalue weighted by Crippen LogP contribution is 2.35. The molecule has 0 aromatic rings. The van der Waals surface area contributed by atoms with E-state index in [2.05, 4.69) is 24.2 Å². The van der Waals surface area contributed by atoms with Crippen LogP contribution in [0.5, 0.6) is 0 Å². The maximum absolute atomic E-state index is 11.9. The number of ketones is 1. The van der Waals surface area contributed by atoms with Gasteiger partial charge in [0.1, 0.15) is 5.78 Å². The number of nitrogens with zero attached hydrogens (tertiary/aromatic N) is 2. The molecule has 1 unspecified atom stereocenters. The van der Waals surface area contributed by atoms with E-state index in [1.54, 1.807) is 6.92 Å². The fraction of sp³-hybridized carbons (Fsp3) is 0.600. The zero-order chi connectivity index (χ0) is 20.6. The topological polar surface area (TPSA) is 65.6 Å². The van der Waals surface area contributed by atoms with E-state index in [0.29, 0.717) is 24.5 Å². The summed E-state index contributed by atoms with van der Waals surface area (Å²) in [7, 11) is 0. The molecule has 0 spiro atoms. The number of aliphatic imine (C=N–C) groups is 2. The predicted octanol–water partition coefficient (Wildman–Crippen LogP) is 6.18. The molecular formula is C25H35N3O. The van der Waals surface area contributed by atoms with Crippen molar-refractivity contribution in [1.29, 1.82) is 5.41 Å². The molecule has 0 aromatic carbocycles. The van der Waals surface area contributed by atoms with Crippen LogP contribution in [0.3, 0.4) is 0 Å². The van der Waals surface area contributed by atoms with E-state index in [0.717, 1.165) is 50.8 Å². The molecule has 0 bridgehead atoms. The fourth-order valence-electron chi connectivity index (χ4n) is 4.64. The largest absolute Gasteiger partial charge is 0.310 e. The van der Waals surface area contributed by atoms with E-state index in [1.165, 1.54) is 41.6 Å². The van der Waals surface area contributed by atoms with Gasteiger partial charge in [-0.25, -0.2) is 0 Å². The summed E-state index contributed by atoms with van der Waals surface area (Å²) in [6.07, 6.45) is 17.4. The van der Waals surface area contributed by atoms with Crippen molar-refractivity contribution >= 4 is 23.9 Å². The Balaban J connectivity index is 1.69. The summed E-state index contributed by atoms with van der Waals surface area (Å²) >= 11 is 0. The number of hydrogen-bond acceptors (Lipinski definition) is 4. The Morgan fingerprint density at radius 3 is 2.97 bits per heavy atom. The number of Topliss-reactive ketones (excluding diaryl/α,β-unsaturated/α-hetero) is 1. The van der Waals surface area contributed by atoms with Gasteiger partial charge in [-0.05, 0) is 69.4 Å². The van der Waals surface area contributed by atoms with Crippen molar-refractivity contribution in [2.45, 2.75) is 84.5 Å². The van der Waals surface area contributed by atoms with Crippen LogP contribution < -0.4 is 0 Å². The lowest BCUT2D eigenvalue weighted by molar-refractivity contribution is -0.118. The molecule has 4 heteroatoms. The van der Waals surface area contributed by atoms with Crippen LogP contribution in [0.4, 0.5) is 0 Å². The van der Waals surface area contributed by atoms with Gasteiger partial charge in [0.15, 0.2) is 0 Å². The Bertz CT molecular complexity index is 795. The van der Waals surface area contributed by atoms with Crippen molar-refractivity contribution in [2.75, 3.05) is 6.54 Å². The minimum atomic E-state index is 0.214. The van der Waals surface area contributed by atoms with Gasteiger partial charge in [-0.1, -0.05) is 24.5 Å². The van der Waals surface area contributed by atoms with Crippen LogP contribution in [0.1, 0.15) is 84.5 Å². The van der Waals surface area contributed by atoms with E-state index < -0.39 is 0 Å². The molecule has 29 heavy (non-hydrogen) atoms. The SMILES string of the molecule is CC(=N)CC(=O)CCCC1CC=C(C2=C3C=NCCC3=C(C)CC=N2)CCCC1. The quantitative estimate of drug-likeness (QED) is 0.515. The van der Waals surface area contributed by atoms with E-state index in [4.69, 9.17) is 10.4 Å². The summed E-state index contributed by atoms with van der Waals surface area (Å²) in [4.78, 5) is 21.3. The fourth-order valence-corrected chi connectivity index (χ4v) is 4.64.